The number of aliphatic hydroxyl groups is 1. The number of hydrogen-bond donors (Lipinski definition) is 1. The third kappa shape index (κ3) is 5.18. The van der Waals surface area contributed by atoms with Crippen LogP contribution in [0.4, 0.5) is 0 Å². The van der Waals surface area contributed by atoms with Gasteiger partial charge in [-0.15, -0.1) is 10.2 Å². The number of para-hydroxylation sites is 1. The van der Waals surface area contributed by atoms with Gasteiger partial charge in [0.1, 0.15) is 11.6 Å². The van der Waals surface area contributed by atoms with E-state index in [-0.39, 0.29) is 6.61 Å². The van der Waals surface area contributed by atoms with Gasteiger partial charge in [0.25, 0.3) is 0 Å². The van der Waals surface area contributed by atoms with Crippen LogP contribution in [0.15, 0.2) is 59.8 Å². The molecule has 1 saturated carbocycles. The second kappa shape index (κ2) is 9.43. The number of benzene rings is 2. The summed E-state index contributed by atoms with van der Waals surface area (Å²) in [4.78, 5) is 0. The minimum absolute atomic E-state index is 0.263. The third-order valence-electron chi connectivity index (χ3n) is 4.73. The molecule has 2 aromatic carbocycles. The van der Waals surface area contributed by atoms with Gasteiger partial charge >= 0.3 is 0 Å². The molecule has 1 heterocycles. The summed E-state index contributed by atoms with van der Waals surface area (Å²) < 4.78 is 13.0. The van der Waals surface area contributed by atoms with Crippen LogP contribution in [0.25, 0.3) is 5.69 Å². The monoisotopic (exact) mass is 411 g/mol. The average molecular weight is 412 g/mol. The van der Waals surface area contributed by atoms with Crippen LogP contribution in [0.2, 0.25) is 0 Å². The van der Waals surface area contributed by atoms with E-state index in [9.17, 15) is 5.11 Å². The number of aliphatic hydroxyl groups excluding tert-OH is 1. The Labute approximate surface area is 174 Å². The van der Waals surface area contributed by atoms with Crippen LogP contribution >= 0.6 is 11.8 Å². The second-order valence-electron chi connectivity index (χ2n) is 7.12. The highest BCUT2D eigenvalue weighted by Crippen LogP contribution is 2.41. The van der Waals surface area contributed by atoms with Crippen LogP contribution < -0.4 is 4.74 Å². The smallest absolute Gasteiger partial charge is 0.195 e. The Hall–Kier alpha value is -2.35. The first-order valence-electron chi connectivity index (χ1n) is 9.77. The van der Waals surface area contributed by atoms with Gasteiger partial charge in [-0.3, -0.25) is 4.57 Å². The highest BCUT2D eigenvalue weighted by molar-refractivity contribution is 7.99. The zero-order chi connectivity index (χ0) is 20.1. The van der Waals surface area contributed by atoms with Crippen molar-refractivity contribution in [2.45, 2.75) is 36.6 Å². The normalized spacial score (nSPS) is 14.7. The van der Waals surface area contributed by atoms with Crippen molar-refractivity contribution < 1.29 is 14.6 Å². The molecule has 1 aliphatic carbocycles. The molecule has 152 valence electrons. The van der Waals surface area contributed by atoms with E-state index < -0.39 is 6.10 Å². The maximum Gasteiger partial charge on any atom is 0.195 e. The van der Waals surface area contributed by atoms with Crippen LogP contribution in [0.1, 0.15) is 30.1 Å². The van der Waals surface area contributed by atoms with Gasteiger partial charge in [0.05, 0.1) is 26.4 Å². The second-order valence-corrected chi connectivity index (χ2v) is 8.10. The summed E-state index contributed by atoms with van der Waals surface area (Å²) in [7, 11) is 1.64. The van der Waals surface area contributed by atoms with Crippen molar-refractivity contribution in [3.63, 3.8) is 0 Å². The molecule has 0 unspecified atom stereocenters. The first-order chi connectivity index (χ1) is 14.2. The van der Waals surface area contributed by atoms with Gasteiger partial charge in [0.2, 0.25) is 0 Å². The molecule has 1 fully saturated rings. The SMILES string of the molecule is COc1cccc(COC[C@H](O)CSc2nnc(C3CC3)n2-c2ccccc2)c1. The van der Waals surface area contributed by atoms with Crippen molar-refractivity contribution in [2.75, 3.05) is 19.5 Å². The number of aromatic nitrogens is 3. The lowest BCUT2D eigenvalue weighted by Crippen LogP contribution is -2.18. The fourth-order valence-corrected chi connectivity index (χ4v) is 3.96. The molecule has 1 aromatic heterocycles. The van der Waals surface area contributed by atoms with E-state index in [4.69, 9.17) is 9.47 Å². The summed E-state index contributed by atoms with van der Waals surface area (Å²) in [5.41, 5.74) is 2.08. The molecule has 0 amide bonds. The number of methoxy groups -OCH3 is 1. The van der Waals surface area contributed by atoms with Crippen LogP contribution in [0.5, 0.6) is 5.75 Å². The molecule has 0 saturated heterocycles. The Morgan fingerprint density at radius 1 is 1.14 bits per heavy atom. The fraction of sp³-hybridized carbons (Fsp3) is 0.364. The Morgan fingerprint density at radius 2 is 1.97 bits per heavy atom. The molecule has 0 radical (unpaired) electrons. The summed E-state index contributed by atoms with van der Waals surface area (Å²) in [5, 5.41) is 20.0. The number of rotatable bonds is 10. The van der Waals surface area contributed by atoms with Crippen molar-refractivity contribution >= 4 is 11.8 Å². The van der Waals surface area contributed by atoms with E-state index in [1.807, 2.05) is 42.5 Å². The summed E-state index contributed by atoms with van der Waals surface area (Å²) >= 11 is 1.51. The summed E-state index contributed by atoms with van der Waals surface area (Å²) in [6.45, 7) is 0.699. The van der Waals surface area contributed by atoms with Gasteiger partial charge < -0.3 is 14.6 Å². The Kier molecular flexibility index (Phi) is 6.49. The van der Waals surface area contributed by atoms with E-state index in [2.05, 4.69) is 26.9 Å². The predicted molar refractivity (Wildman–Crippen MR) is 113 cm³/mol. The minimum atomic E-state index is -0.587. The number of nitrogens with zero attached hydrogens (tertiary/aromatic N) is 3. The van der Waals surface area contributed by atoms with E-state index in [1.54, 1.807) is 7.11 Å². The molecular formula is C22H25N3O3S. The quantitative estimate of drug-likeness (QED) is 0.512. The Bertz CT molecular complexity index is 928. The largest absolute Gasteiger partial charge is 0.497 e. The van der Waals surface area contributed by atoms with Gasteiger partial charge in [-0.25, -0.2) is 0 Å². The van der Waals surface area contributed by atoms with Gasteiger partial charge in [-0.05, 0) is 42.7 Å². The van der Waals surface area contributed by atoms with Gasteiger partial charge in [-0.2, -0.15) is 0 Å². The van der Waals surface area contributed by atoms with Crippen molar-refractivity contribution in [3.8, 4) is 11.4 Å². The molecule has 3 aromatic rings. The number of hydrogen-bond acceptors (Lipinski definition) is 6. The molecule has 1 N–H and O–H groups in total. The van der Waals surface area contributed by atoms with Crippen LogP contribution in [-0.4, -0.2) is 45.4 Å². The van der Waals surface area contributed by atoms with Crippen molar-refractivity contribution in [2.24, 2.45) is 0 Å². The lowest BCUT2D eigenvalue weighted by molar-refractivity contribution is 0.0397. The van der Waals surface area contributed by atoms with Gasteiger partial charge in [0.15, 0.2) is 5.16 Å². The molecule has 29 heavy (non-hydrogen) atoms. The van der Waals surface area contributed by atoms with Gasteiger partial charge in [0, 0.05) is 17.4 Å². The topological polar surface area (TPSA) is 69.4 Å². The molecule has 1 aliphatic rings. The summed E-state index contributed by atoms with van der Waals surface area (Å²) in [6, 6.07) is 17.9. The molecular weight excluding hydrogens is 386 g/mol. The van der Waals surface area contributed by atoms with Crippen molar-refractivity contribution in [1.82, 2.24) is 14.8 Å². The summed E-state index contributed by atoms with van der Waals surface area (Å²) in [5.74, 6) is 2.80. The molecule has 0 bridgehead atoms. The maximum absolute atomic E-state index is 10.4. The molecule has 4 rings (SSSR count). The third-order valence-corrected chi connectivity index (χ3v) is 5.81. The minimum Gasteiger partial charge on any atom is -0.497 e. The van der Waals surface area contributed by atoms with E-state index >= 15 is 0 Å². The lowest BCUT2D eigenvalue weighted by atomic mass is 10.2. The van der Waals surface area contributed by atoms with Gasteiger partial charge in [-0.1, -0.05) is 42.1 Å². The van der Waals surface area contributed by atoms with Crippen molar-refractivity contribution in [1.29, 1.82) is 0 Å². The summed E-state index contributed by atoms with van der Waals surface area (Å²) in [6.07, 6.45) is 1.74. The maximum atomic E-state index is 10.4. The predicted octanol–water partition coefficient (Wildman–Crippen LogP) is 3.82. The molecule has 0 aliphatic heterocycles. The Morgan fingerprint density at radius 3 is 2.72 bits per heavy atom. The zero-order valence-corrected chi connectivity index (χ0v) is 17.2. The molecule has 0 spiro atoms. The first kappa shape index (κ1) is 19.9. The fourth-order valence-electron chi connectivity index (χ4n) is 3.09. The number of ether oxygens (including phenoxy) is 2. The van der Waals surface area contributed by atoms with E-state index in [0.29, 0.717) is 18.3 Å². The molecule has 6 nitrogen and oxygen atoms in total. The zero-order valence-electron chi connectivity index (χ0n) is 16.4. The number of thioether (sulfide) groups is 1. The molecule has 7 heteroatoms. The highest BCUT2D eigenvalue weighted by Gasteiger charge is 2.31. The van der Waals surface area contributed by atoms with E-state index in [1.165, 1.54) is 11.8 Å². The van der Waals surface area contributed by atoms with Crippen LogP contribution in [0.3, 0.4) is 0 Å². The van der Waals surface area contributed by atoms with Crippen LogP contribution in [0, 0.1) is 0 Å². The van der Waals surface area contributed by atoms with Crippen LogP contribution in [-0.2, 0) is 11.3 Å². The molecule has 1 atom stereocenters. The average Bonchev–Trinajstić information content (AvgIpc) is 3.52. The van der Waals surface area contributed by atoms with Crippen molar-refractivity contribution in [3.05, 3.63) is 66.0 Å². The Balaban J connectivity index is 1.33. The first-order valence-corrected chi connectivity index (χ1v) is 10.8. The lowest BCUT2D eigenvalue weighted by Gasteiger charge is -2.13. The van der Waals surface area contributed by atoms with E-state index in [0.717, 1.165) is 40.8 Å². The standard InChI is InChI=1S/C22H25N3O3S/c1-27-20-9-5-6-16(12-20)13-28-14-19(26)15-29-22-24-23-21(17-10-11-17)25(22)18-7-3-2-4-8-18/h2-9,12,17,19,26H,10-11,13-15H2,1H3/t19-/m0/s1. The highest BCUT2D eigenvalue weighted by atomic mass is 32.2.